The minimum Gasteiger partial charge on any atom is -0.377 e. The van der Waals surface area contributed by atoms with Gasteiger partial charge in [-0.1, -0.05) is 5.21 Å². The summed E-state index contributed by atoms with van der Waals surface area (Å²) in [5, 5.41) is 11.0. The maximum atomic E-state index is 11.8. The summed E-state index contributed by atoms with van der Waals surface area (Å²) in [7, 11) is 0. The average Bonchev–Trinajstić information content (AvgIpc) is 2.86. The second-order valence-corrected chi connectivity index (χ2v) is 6.80. The molecule has 0 aliphatic heterocycles. The molecule has 23 heavy (non-hydrogen) atoms. The van der Waals surface area contributed by atoms with Gasteiger partial charge in [-0.25, -0.2) is 4.68 Å². The monoisotopic (exact) mass is 326 g/mol. The van der Waals surface area contributed by atoms with E-state index in [0.29, 0.717) is 39.2 Å². The highest BCUT2D eigenvalue weighted by molar-refractivity contribution is 5.76. The molecule has 7 heteroatoms. The molecule has 132 valence electrons. The molecule has 1 rings (SSSR count). The smallest absolute Gasteiger partial charge is 0.220 e. The molecule has 0 saturated carbocycles. The van der Waals surface area contributed by atoms with Gasteiger partial charge in [-0.3, -0.25) is 4.79 Å². The summed E-state index contributed by atoms with van der Waals surface area (Å²) in [5.41, 5.74) is 0.614. The van der Waals surface area contributed by atoms with Crippen molar-refractivity contribution in [2.45, 2.75) is 65.6 Å². The first kappa shape index (κ1) is 19.6. The maximum Gasteiger partial charge on any atom is 0.220 e. The molecule has 1 N–H and O–H groups in total. The molecule has 1 heterocycles. The van der Waals surface area contributed by atoms with Crippen LogP contribution in [0.5, 0.6) is 0 Å². The Hall–Kier alpha value is -1.47. The number of ether oxygens (including phenoxy) is 2. The predicted molar refractivity (Wildman–Crippen MR) is 88.1 cm³/mol. The molecule has 0 bridgehead atoms. The lowest BCUT2D eigenvalue weighted by Gasteiger charge is -2.20. The molecule has 0 saturated heterocycles. The maximum absolute atomic E-state index is 11.8. The Labute approximate surface area is 138 Å². The van der Waals surface area contributed by atoms with E-state index < -0.39 is 0 Å². The number of rotatable bonds is 10. The van der Waals surface area contributed by atoms with Crippen molar-refractivity contribution in [2.75, 3.05) is 19.8 Å². The third-order valence-corrected chi connectivity index (χ3v) is 2.85. The molecular weight excluding hydrogens is 296 g/mol. The van der Waals surface area contributed by atoms with Crippen LogP contribution in [0.2, 0.25) is 0 Å². The van der Waals surface area contributed by atoms with E-state index in [2.05, 4.69) is 15.6 Å². The van der Waals surface area contributed by atoms with Crippen LogP contribution in [0.25, 0.3) is 0 Å². The molecule has 7 nitrogen and oxygen atoms in total. The molecular formula is C16H30N4O3. The first-order valence-electron chi connectivity index (χ1n) is 8.15. The van der Waals surface area contributed by atoms with Crippen LogP contribution < -0.4 is 5.32 Å². The number of hydrogen-bond donors (Lipinski definition) is 1. The fourth-order valence-corrected chi connectivity index (χ4v) is 1.89. The summed E-state index contributed by atoms with van der Waals surface area (Å²) in [5.74, 6) is 0.0283. The topological polar surface area (TPSA) is 78.3 Å². The Morgan fingerprint density at radius 3 is 2.70 bits per heavy atom. The third kappa shape index (κ3) is 10.0. The van der Waals surface area contributed by atoms with Gasteiger partial charge in [-0.15, -0.1) is 5.10 Å². The van der Waals surface area contributed by atoms with Crippen molar-refractivity contribution in [3.05, 3.63) is 11.9 Å². The quantitative estimate of drug-likeness (QED) is 0.660. The fourth-order valence-electron chi connectivity index (χ4n) is 1.89. The number of carbonyl (C=O) groups excluding carboxylic acids is 1. The van der Waals surface area contributed by atoms with Crippen molar-refractivity contribution in [2.24, 2.45) is 0 Å². The van der Waals surface area contributed by atoms with E-state index in [1.807, 2.05) is 40.8 Å². The zero-order valence-electron chi connectivity index (χ0n) is 15.0. The minimum atomic E-state index is -0.203. The highest BCUT2D eigenvalue weighted by atomic mass is 16.5. The zero-order valence-corrected chi connectivity index (χ0v) is 15.0. The van der Waals surface area contributed by atoms with Gasteiger partial charge in [0.05, 0.1) is 38.2 Å². The van der Waals surface area contributed by atoms with Crippen molar-refractivity contribution >= 4 is 5.91 Å². The van der Waals surface area contributed by atoms with E-state index in [0.717, 1.165) is 5.69 Å². The average molecular weight is 326 g/mol. The Kier molecular flexibility index (Phi) is 8.19. The van der Waals surface area contributed by atoms with Gasteiger partial charge < -0.3 is 14.8 Å². The Morgan fingerprint density at radius 1 is 1.30 bits per heavy atom. The molecule has 1 aromatic heterocycles. The Balaban J connectivity index is 2.18. The van der Waals surface area contributed by atoms with Crippen LogP contribution in [0.3, 0.4) is 0 Å². The van der Waals surface area contributed by atoms with E-state index in [1.54, 1.807) is 4.68 Å². The zero-order chi connectivity index (χ0) is 17.3. The molecule has 0 aliphatic rings. The number of amides is 1. The van der Waals surface area contributed by atoms with Crippen LogP contribution in [0, 0.1) is 0 Å². The minimum absolute atomic E-state index is 0.0283. The van der Waals surface area contributed by atoms with Crippen LogP contribution in [-0.2, 0) is 27.2 Å². The Bertz CT molecular complexity index is 466. The summed E-state index contributed by atoms with van der Waals surface area (Å²) in [6.07, 6.45) is 3.09. The fraction of sp³-hybridized carbons (Fsp3) is 0.812. The largest absolute Gasteiger partial charge is 0.377 e. The summed E-state index contributed by atoms with van der Waals surface area (Å²) in [4.78, 5) is 11.8. The number of hydrogen-bond acceptors (Lipinski definition) is 5. The van der Waals surface area contributed by atoms with Crippen molar-refractivity contribution in [3.63, 3.8) is 0 Å². The van der Waals surface area contributed by atoms with Gasteiger partial charge in [0.1, 0.15) is 0 Å². The van der Waals surface area contributed by atoms with E-state index in [1.165, 1.54) is 0 Å². The standard InChI is InChI=1S/C16H30N4O3/c1-13(2)23-11-10-22-9-8-20-12-14(18-19-20)6-7-15(21)17-16(3,4)5/h12-13H,6-11H2,1-5H3,(H,17,21). The van der Waals surface area contributed by atoms with Crippen molar-refractivity contribution in [3.8, 4) is 0 Å². The first-order chi connectivity index (χ1) is 10.8. The van der Waals surface area contributed by atoms with Gasteiger partial charge in [-0.2, -0.15) is 0 Å². The van der Waals surface area contributed by atoms with Crippen molar-refractivity contribution in [1.29, 1.82) is 0 Å². The number of aromatic nitrogens is 3. The van der Waals surface area contributed by atoms with Gasteiger partial charge in [-0.05, 0) is 34.6 Å². The predicted octanol–water partition coefficient (Wildman–Crippen LogP) is 1.57. The number of nitrogens with one attached hydrogen (secondary N) is 1. The summed E-state index contributed by atoms with van der Waals surface area (Å²) < 4.78 is 12.6. The molecule has 0 spiro atoms. The molecule has 1 amide bonds. The lowest BCUT2D eigenvalue weighted by molar-refractivity contribution is -0.122. The van der Waals surface area contributed by atoms with Crippen molar-refractivity contribution in [1.82, 2.24) is 20.3 Å². The highest BCUT2D eigenvalue weighted by Crippen LogP contribution is 2.02. The van der Waals surface area contributed by atoms with Crippen LogP contribution in [-0.4, -0.2) is 52.4 Å². The number of carbonyl (C=O) groups is 1. The van der Waals surface area contributed by atoms with E-state index in [4.69, 9.17) is 9.47 Å². The normalized spacial score (nSPS) is 11.9. The molecule has 0 unspecified atom stereocenters. The highest BCUT2D eigenvalue weighted by Gasteiger charge is 2.14. The van der Waals surface area contributed by atoms with Gasteiger partial charge in [0.15, 0.2) is 0 Å². The van der Waals surface area contributed by atoms with Crippen LogP contribution in [0.1, 0.15) is 46.7 Å². The van der Waals surface area contributed by atoms with Gasteiger partial charge in [0.25, 0.3) is 0 Å². The second-order valence-electron chi connectivity index (χ2n) is 6.80. The number of aryl methyl sites for hydroxylation is 1. The second kappa shape index (κ2) is 9.62. The Morgan fingerprint density at radius 2 is 2.04 bits per heavy atom. The summed E-state index contributed by atoms with van der Waals surface area (Å²) >= 11 is 0. The van der Waals surface area contributed by atoms with Gasteiger partial charge in [0.2, 0.25) is 5.91 Å². The summed E-state index contributed by atoms with van der Waals surface area (Å²) in [6.45, 7) is 12.3. The molecule has 0 aliphatic carbocycles. The molecule has 1 aromatic rings. The number of nitrogens with zero attached hydrogens (tertiary/aromatic N) is 3. The van der Waals surface area contributed by atoms with Crippen LogP contribution in [0.4, 0.5) is 0 Å². The molecule has 0 aromatic carbocycles. The van der Waals surface area contributed by atoms with Crippen LogP contribution >= 0.6 is 0 Å². The van der Waals surface area contributed by atoms with Gasteiger partial charge >= 0.3 is 0 Å². The first-order valence-corrected chi connectivity index (χ1v) is 8.15. The third-order valence-electron chi connectivity index (χ3n) is 2.85. The van der Waals surface area contributed by atoms with Crippen LogP contribution in [0.15, 0.2) is 6.20 Å². The molecule has 0 atom stereocenters. The molecule has 0 fully saturated rings. The van der Waals surface area contributed by atoms with Gasteiger partial charge in [0, 0.05) is 24.6 Å². The van der Waals surface area contributed by atoms with E-state index in [9.17, 15) is 4.79 Å². The van der Waals surface area contributed by atoms with Crippen molar-refractivity contribution < 1.29 is 14.3 Å². The lowest BCUT2D eigenvalue weighted by atomic mass is 10.1. The summed E-state index contributed by atoms with van der Waals surface area (Å²) in [6, 6.07) is 0. The van der Waals surface area contributed by atoms with E-state index >= 15 is 0 Å². The lowest BCUT2D eigenvalue weighted by Crippen LogP contribution is -2.40. The SMILES string of the molecule is CC(C)OCCOCCn1cc(CCC(=O)NC(C)(C)C)nn1. The molecule has 0 radical (unpaired) electrons. The van der Waals surface area contributed by atoms with E-state index in [-0.39, 0.29) is 17.6 Å².